The molecule has 2 saturated heterocycles. The number of nitrogens with one attached hydrogen (secondary N) is 1. The summed E-state index contributed by atoms with van der Waals surface area (Å²) < 4.78 is 50.2. The highest BCUT2D eigenvalue weighted by atomic mass is 16.7. The van der Waals surface area contributed by atoms with E-state index in [2.05, 4.69) is 11.9 Å². The highest BCUT2D eigenvalue weighted by molar-refractivity contribution is 5.89. The van der Waals surface area contributed by atoms with Gasteiger partial charge in [-0.05, 0) is 69.4 Å². The lowest BCUT2D eigenvalue weighted by molar-refractivity contribution is -0.405. The smallest absolute Gasteiger partial charge is 0.407 e. The Kier molecular flexibility index (Phi) is 12.9. The molecule has 0 aromatic heterocycles. The summed E-state index contributed by atoms with van der Waals surface area (Å²) in [5.74, 6) is -4.57. The highest BCUT2D eigenvalue weighted by Gasteiger charge is 2.79. The zero-order chi connectivity index (χ0) is 45.9. The molecular formula is C46H63NO15. The normalized spacial score (nSPS) is 35.5. The lowest BCUT2D eigenvalue weighted by atomic mass is 9.44. The third kappa shape index (κ3) is 8.28. The van der Waals surface area contributed by atoms with Crippen LogP contribution in [0.15, 0.2) is 54.1 Å². The summed E-state index contributed by atoms with van der Waals surface area (Å²) in [7, 11) is 0. The number of fused-ring (bicyclic) bond motifs is 4. The summed E-state index contributed by atoms with van der Waals surface area (Å²) >= 11 is 0. The zero-order valence-corrected chi connectivity index (χ0v) is 37.6. The van der Waals surface area contributed by atoms with Gasteiger partial charge in [0.15, 0.2) is 24.1 Å². The number of aliphatic hydroxyl groups is 2. The Bertz CT molecular complexity index is 1960. The average Bonchev–Trinajstić information content (AvgIpc) is 3.15. The molecule has 6 rings (SSSR count). The first kappa shape index (κ1) is 47.1. The molecule has 0 radical (unpaired) electrons. The lowest BCUT2D eigenvalue weighted by Gasteiger charge is -2.71. The van der Waals surface area contributed by atoms with Gasteiger partial charge in [-0.3, -0.25) is 9.59 Å². The Morgan fingerprint density at radius 1 is 0.984 bits per heavy atom. The van der Waals surface area contributed by atoms with Gasteiger partial charge in [-0.25, -0.2) is 14.4 Å². The van der Waals surface area contributed by atoms with Crippen molar-refractivity contribution in [2.24, 2.45) is 22.7 Å². The van der Waals surface area contributed by atoms with Crippen LogP contribution in [-0.2, 0) is 52.3 Å². The predicted octanol–water partition coefficient (Wildman–Crippen LogP) is 4.87. The van der Waals surface area contributed by atoms with Crippen LogP contribution < -0.4 is 5.32 Å². The Labute approximate surface area is 362 Å². The molecule has 4 fully saturated rings. The second kappa shape index (κ2) is 17.0. The Hall–Kier alpha value is -4.35. The lowest BCUT2D eigenvalue weighted by Crippen LogP contribution is -2.83. The first-order valence-corrected chi connectivity index (χ1v) is 21.3. The number of hydrogen-bond donors (Lipinski definition) is 3. The third-order valence-electron chi connectivity index (χ3n) is 13.4. The molecule has 1 amide bonds. The molecule has 2 saturated carbocycles. The monoisotopic (exact) mass is 869 g/mol. The summed E-state index contributed by atoms with van der Waals surface area (Å²) in [5.41, 5.74) is -6.65. The summed E-state index contributed by atoms with van der Waals surface area (Å²) in [5, 5.41) is 28.1. The maximum absolute atomic E-state index is 14.4. The van der Waals surface area contributed by atoms with E-state index < -0.39 is 125 Å². The molecule has 5 aliphatic rings. The summed E-state index contributed by atoms with van der Waals surface area (Å²) in [6, 6.07) is 7.04. The van der Waals surface area contributed by atoms with E-state index in [1.807, 2.05) is 20.8 Å². The number of rotatable bonds is 11. The molecular weight excluding hydrogens is 806 g/mol. The van der Waals surface area contributed by atoms with E-state index in [1.54, 1.807) is 71.9 Å². The standard InChI is InChI=1S/C46H63NO15/c1-13-32-58-30-20-31-45(22-55-31,61-26(6)49)36-38(60-39(51)27-17-15-14-16-18-27)46(54)21-29(57-40(52)34(50)28(19-23(2)3)47-41(53)62-42(7,8)9)24(4)33(43(46,10)11)35(56-25(5)48)37(59-32)44(30,36)12/h13-18,23,28-32,34-38,50,54H,1,19-22H2,2-12H3,(H,47,53)/t28-,29-,30-,31+,32-,34+,35-,36-,37-,38-,44+,45-,46+/m0/s1. The first-order valence-electron chi connectivity index (χ1n) is 21.3. The average molecular weight is 870 g/mol. The van der Waals surface area contributed by atoms with Crippen LogP contribution in [0.25, 0.3) is 0 Å². The van der Waals surface area contributed by atoms with Crippen LogP contribution in [0.3, 0.4) is 0 Å². The van der Waals surface area contributed by atoms with E-state index in [0.717, 1.165) is 0 Å². The molecule has 3 N–H and O–H groups in total. The van der Waals surface area contributed by atoms with Crippen LogP contribution in [-0.4, -0.2) is 119 Å². The topological polar surface area (TPSA) is 212 Å². The van der Waals surface area contributed by atoms with Crippen LogP contribution in [0.4, 0.5) is 4.79 Å². The Balaban J connectivity index is 1.57. The van der Waals surface area contributed by atoms with Gasteiger partial charge in [0.1, 0.15) is 35.6 Å². The number of carbonyl (C=O) groups is 5. The van der Waals surface area contributed by atoms with Gasteiger partial charge in [0, 0.05) is 37.5 Å². The molecule has 16 heteroatoms. The molecule has 1 aromatic carbocycles. The number of benzene rings is 1. The second-order valence-electron chi connectivity index (χ2n) is 19.5. The number of aliphatic hydroxyl groups excluding tert-OH is 1. The largest absolute Gasteiger partial charge is 0.456 e. The molecule has 13 atom stereocenters. The van der Waals surface area contributed by atoms with Crippen LogP contribution in [0.1, 0.15) is 106 Å². The fourth-order valence-corrected chi connectivity index (χ4v) is 10.7. The van der Waals surface area contributed by atoms with Crippen molar-refractivity contribution in [1.82, 2.24) is 5.32 Å². The quantitative estimate of drug-likeness (QED) is 0.154. The predicted molar refractivity (Wildman–Crippen MR) is 220 cm³/mol. The number of ether oxygens (including phenoxy) is 8. The van der Waals surface area contributed by atoms with E-state index in [0.29, 0.717) is 11.1 Å². The van der Waals surface area contributed by atoms with Crippen LogP contribution >= 0.6 is 0 Å². The van der Waals surface area contributed by atoms with Gasteiger partial charge < -0.3 is 53.4 Å². The van der Waals surface area contributed by atoms with Gasteiger partial charge in [-0.1, -0.05) is 59.4 Å². The van der Waals surface area contributed by atoms with Crippen molar-refractivity contribution in [2.45, 2.75) is 167 Å². The first-order chi connectivity index (χ1) is 28.8. The number of esters is 4. The van der Waals surface area contributed by atoms with Gasteiger partial charge in [0.05, 0.1) is 30.2 Å². The van der Waals surface area contributed by atoms with Gasteiger partial charge in [-0.15, -0.1) is 0 Å². The molecule has 0 unspecified atom stereocenters. The van der Waals surface area contributed by atoms with Gasteiger partial charge in [0.25, 0.3) is 0 Å². The fourth-order valence-electron chi connectivity index (χ4n) is 10.7. The van der Waals surface area contributed by atoms with Crippen LogP contribution in [0, 0.1) is 22.7 Å². The van der Waals surface area contributed by atoms with Gasteiger partial charge in [0.2, 0.25) is 0 Å². The molecule has 1 aromatic rings. The molecule has 3 aliphatic carbocycles. The van der Waals surface area contributed by atoms with E-state index in [1.165, 1.54) is 19.9 Å². The molecule has 2 aliphatic heterocycles. The number of hydrogen-bond acceptors (Lipinski definition) is 15. The van der Waals surface area contributed by atoms with Crippen molar-refractivity contribution in [3.8, 4) is 0 Å². The SMILES string of the molecule is C=C[C@H]1O[C@H]2C[C@H]3OC[C@@]3(OC(C)=O)[C@H]3[C@H](OC(=O)c4ccccc4)[C@]4(O)C[C@H](OC(=O)[C@H](O)[C@H](CC(C)C)NC(=O)OC(C)(C)C)C(C)=C([C@H](OC(C)=O)[C@H](O1)[C@]23C)C4(C)C. The van der Waals surface area contributed by atoms with E-state index in [9.17, 15) is 34.2 Å². The van der Waals surface area contributed by atoms with Crippen molar-refractivity contribution in [1.29, 1.82) is 0 Å². The Morgan fingerprint density at radius 3 is 2.19 bits per heavy atom. The van der Waals surface area contributed by atoms with Gasteiger partial charge >= 0.3 is 30.0 Å². The molecule has 2 heterocycles. The fraction of sp³-hybridized carbons (Fsp3) is 0.674. The van der Waals surface area contributed by atoms with Crippen molar-refractivity contribution in [3.63, 3.8) is 0 Å². The summed E-state index contributed by atoms with van der Waals surface area (Å²) in [6.45, 7) is 21.9. The molecule has 2 bridgehead atoms. The number of amides is 1. The van der Waals surface area contributed by atoms with Crippen LogP contribution in [0.5, 0.6) is 0 Å². The summed E-state index contributed by atoms with van der Waals surface area (Å²) in [6.07, 6.45) is -9.36. The van der Waals surface area contributed by atoms with Crippen molar-refractivity contribution < 1.29 is 72.1 Å². The highest BCUT2D eigenvalue weighted by Crippen LogP contribution is 2.67. The maximum atomic E-state index is 14.4. The Morgan fingerprint density at radius 2 is 1.65 bits per heavy atom. The zero-order valence-electron chi connectivity index (χ0n) is 37.6. The molecule has 0 spiro atoms. The molecule has 16 nitrogen and oxygen atoms in total. The van der Waals surface area contributed by atoms with Crippen molar-refractivity contribution in [2.75, 3.05) is 6.61 Å². The van der Waals surface area contributed by atoms with E-state index in [4.69, 9.17) is 37.9 Å². The minimum absolute atomic E-state index is 0.0926. The van der Waals surface area contributed by atoms with Crippen molar-refractivity contribution in [3.05, 3.63) is 59.7 Å². The molecule has 342 valence electrons. The number of alkyl carbamates (subject to hydrolysis) is 1. The van der Waals surface area contributed by atoms with Crippen molar-refractivity contribution >= 4 is 30.0 Å². The number of carbonyl (C=O) groups excluding carboxylic acids is 5. The minimum atomic E-state index is -2.23. The second-order valence-corrected chi connectivity index (χ2v) is 19.5. The van der Waals surface area contributed by atoms with Gasteiger partial charge in [-0.2, -0.15) is 0 Å². The third-order valence-corrected chi connectivity index (χ3v) is 13.4. The maximum Gasteiger partial charge on any atom is 0.407 e. The molecule has 62 heavy (non-hydrogen) atoms. The minimum Gasteiger partial charge on any atom is -0.456 e. The summed E-state index contributed by atoms with van der Waals surface area (Å²) in [4.78, 5) is 68.1. The van der Waals surface area contributed by atoms with Crippen LogP contribution in [0.2, 0.25) is 0 Å². The van der Waals surface area contributed by atoms with E-state index in [-0.39, 0.29) is 30.9 Å². The van der Waals surface area contributed by atoms with E-state index >= 15 is 0 Å².